The van der Waals surface area contributed by atoms with Gasteiger partial charge in [-0.3, -0.25) is 9.10 Å². The molecule has 0 saturated carbocycles. The Hall–Kier alpha value is -2.06. The number of nitrogens with zero attached hydrogens (tertiary/aromatic N) is 1. The highest BCUT2D eigenvalue weighted by molar-refractivity contribution is 7.94. The van der Waals surface area contributed by atoms with Crippen molar-refractivity contribution in [2.45, 2.75) is 4.21 Å². The number of ether oxygens (including phenoxy) is 1. The van der Waals surface area contributed by atoms with Crippen LogP contribution < -0.4 is 14.4 Å². The van der Waals surface area contributed by atoms with Crippen LogP contribution in [-0.4, -0.2) is 35.0 Å². The van der Waals surface area contributed by atoms with E-state index in [1.165, 1.54) is 29.7 Å². The predicted octanol–water partition coefficient (Wildman–Crippen LogP) is 1.70. The first kappa shape index (κ1) is 16.3. The lowest BCUT2D eigenvalue weighted by Crippen LogP contribution is -2.26. The third-order valence-electron chi connectivity index (χ3n) is 2.96. The van der Waals surface area contributed by atoms with E-state index < -0.39 is 10.0 Å². The Balaban J connectivity index is 2.11. The average molecular weight is 340 g/mol. The maximum atomic E-state index is 12.4. The third kappa shape index (κ3) is 3.58. The molecule has 2 aromatic rings. The van der Waals surface area contributed by atoms with Crippen LogP contribution >= 0.6 is 11.3 Å². The van der Waals surface area contributed by atoms with Gasteiger partial charge >= 0.3 is 0 Å². The number of carbonyl (C=O) groups excluding carboxylic acids is 1. The van der Waals surface area contributed by atoms with Crippen LogP contribution in [0.4, 0.5) is 5.69 Å². The van der Waals surface area contributed by atoms with E-state index in [1.807, 2.05) is 0 Å². The number of benzene rings is 1. The molecule has 0 aliphatic heterocycles. The SMILES string of the molecule is CNC(=O)COc1ccc(N(C)S(=O)(=O)c2cccs2)cc1. The van der Waals surface area contributed by atoms with Gasteiger partial charge in [-0.25, -0.2) is 8.42 Å². The van der Waals surface area contributed by atoms with Crippen LogP contribution in [0.5, 0.6) is 5.75 Å². The Kier molecular flexibility index (Phi) is 5.04. The van der Waals surface area contributed by atoms with Crippen LogP contribution in [0.25, 0.3) is 0 Å². The van der Waals surface area contributed by atoms with E-state index in [9.17, 15) is 13.2 Å². The molecule has 1 heterocycles. The maximum Gasteiger partial charge on any atom is 0.273 e. The number of nitrogens with one attached hydrogen (secondary N) is 1. The smallest absolute Gasteiger partial charge is 0.273 e. The van der Waals surface area contributed by atoms with Crippen LogP contribution in [0, 0.1) is 0 Å². The molecule has 0 unspecified atom stereocenters. The second-order valence-electron chi connectivity index (χ2n) is 4.36. The van der Waals surface area contributed by atoms with Crippen LogP contribution in [-0.2, 0) is 14.8 Å². The zero-order valence-electron chi connectivity index (χ0n) is 12.1. The summed E-state index contributed by atoms with van der Waals surface area (Å²) in [5.74, 6) is 0.260. The Labute approximate surface area is 133 Å². The standard InChI is InChI=1S/C14H16N2O4S2/c1-15-13(17)10-20-12-7-5-11(6-8-12)16(2)22(18,19)14-4-3-9-21-14/h3-9H,10H2,1-2H3,(H,15,17). The van der Waals surface area contributed by atoms with Crippen molar-refractivity contribution in [3.05, 3.63) is 41.8 Å². The van der Waals surface area contributed by atoms with Crippen molar-refractivity contribution < 1.29 is 17.9 Å². The Morgan fingerprint density at radius 1 is 1.27 bits per heavy atom. The number of rotatable bonds is 6. The molecule has 0 fully saturated rings. The Morgan fingerprint density at radius 3 is 2.50 bits per heavy atom. The lowest BCUT2D eigenvalue weighted by Gasteiger charge is -2.18. The predicted molar refractivity (Wildman–Crippen MR) is 85.9 cm³/mol. The fraction of sp³-hybridized carbons (Fsp3) is 0.214. The van der Waals surface area contributed by atoms with E-state index in [4.69, 9.17) is 4.74 Å². The van der Waals surface area contributed by atoms with Gasteiger partial charge in [0, 0.05) is 14.1 Å². The van der Waals surface area contributed by atoms with Crippen molar-refractivity contribution in [2.24, 2.45) is 0 Å². The molecule has 0 aliphatic rings. The minimum Gasteiger partial charge on any atom is -0.484 e. The number of hydrogen-bond acceptors (Lipinski definition) is 5. The molecule has 6 nitrogen and oxygen atoms in total. The first-order chi connectivity index (χ1) is 10.4. The molecule has 118 valence electrons. The molecular weight excluding hydrogens is 324 g/mol. The lowest BCUT2D eigenvalue weighted by atomic mass is 10.3. The average Bonchev–Trinajstić information content (AvgIpc) is 3.07. The monoisotopic (exact) mass is 340 g/mol. The quantitative estimate of drug-likeness (QED) is 0.868. The van der Waals surface area contributed by atoms with Gasteiger partial charge in [-0.2, -0.15) is 0 Å². The Morgan fingerprint density at radius 2 is 1.95 bits per heavy atom. The molecule has 1 aromatic heterocycles. The van der Waals surface area contributed by atoms with Gasteiger partial charge in [-0.05, 0) is 35.7 Å². The Bertz CT molecular complexity index is 725. The van der Waals surface area contributed by atoms with Gasteiger partial charge in [0.25, 0.3) is 15.9 Å². The molecule has 8 heteroatoms. The van der Waals surface area contributed by atoms with Gasteiger partial charge < -0.3 is 10.1 Å². The zero-order chi connectivity index (χ0) is 16.2. The molecule has 0 radical (unpaired) electrons. The van der Waals surface area contributed by atoms with E-state index >= 15 is 0 Å². The normalized spacial score (nSPS) is 11.0. The van der Waals surface area contributed by atoms with E-state index in [0.717, 1.165) is 0 Å². The highest BCUT2D eigenvalue weighted by Crippen LogP contribution is 2.26. The molecule has 0 aliphatic carbocycles. The van der Waals surface area contributed by atoms with E-state index in [2.05, 4.69) is 5.32 Å². The summed E-state index contributed by atoms with van der Waals surface area (Å²) in [7, 11) is -0.522. The number of likely N-dealkylation sites (N-methyl/N-ethyl adjacent to an activating group) is 1. The summed E-state index contributed by atoms with van der Waals surface area (Å²) >= 11 is 1.17. The van der Waals surface area contributed by atoms with Crippen molar-refractivity contribution in [3.63, 3.8) is 0 Å². The van der Waals surface area contributed by atoms with Crippen LogP contribution in [0.3, 0.4) is 0 Å². The van der Waals surface area contributed by atoms with E-state index in [0.29, 0.717) is 11.4 Å². The molecular formula is C14H16N2O4S2. The van der Waals surface area contributed by atoms with E-state index in [1.54, 1.807) is 41.8 Å². The summed E-state index contributed by atoms with van der Waals surface area (Å²) in [5, 5.41) is 4.17. The maximum absolute atomic E-state index is 12.4. The molecule has 1 amide bonds. The van der Waals surface area contributed by atoms with Gasteiger partial charge in [-0.15, -0.1) is 11.3 Å². The van der Waals surface area contributed by atoms with Crippen molar-refractivity contribution in [1.82, 2.24) is 5.32 Å². The summed E-state index contributed by atoms with van der Waals surface area (Å²) in [4.78, 5) is 11.1. The first-order valence-corrected chi connectivity index (χ1v) is 8.73. The minimum atomic E-state index is -3.54. The number of thiophene rings is 1. The van der Waals surface area contributed by atoms with Gasteiger partial charge in [0.2, 0.25) is 0 Å². The number of sulfonamides is 1. The van der Waals surface area contributed by atoms with Crippen molar-refractivity contribution in [2.75, 3.05) is 25.0 Å². The van der Waals surface area contributed by atoms with Gasteiger partial charge in [0.1, 0.15) is 9.96 Å². The van der Waals surface area contributed by atoms with Crippen LogP contribution in [0.1, 0.15) is 0 Å². The summed E-state index contributed by atoms with van der Waals surface area (Å²) in [6.45, 7) is -0.0841. The summed E-state index contributed by atoms with van der Waals surface area (Å²) in [6.07, 6.45) is 0. The van der Waals surface area contributed by atoms with E-state index in [-0.39, 0.29) is 16.7 Å². The van der Waals surface area contributed by atoms with Gasteiger partial charge in [0.05, 0.1) is 5.69 Å². The van der Waals surface area contributed by atoms with Gasteiger partial charge in [0.15, 0.2) is 6.61 Å². The highest BCUT2D eigenvalue weighted by Gasteiger charge is 2.22. The minimum absolute atomic E-state index is 0.0841. The third-order valence-corrected chi connectivity index (χ3v) is 6.12. The van der Waals surface area contributed by atoms with Crippen LogP contribution in [0.2, 0.25) is 0 Å². The fourth-order valence-electron chi connectivity index (χ4n) is 1.66. The van der Waals surface area contributed by atoms with Crippen molar-refractivity contribution in [3.8, 4) is 5.75 Å². The summed E-state index contributed by atoms with van der Waals surface area (Å²) in [5.41, 5.74) is 0.515. The van der Waals surface area contributed by atoms with Crippen LogP contribution in [0.15, 0.2) is 46.0 Å². The fourth-order valence-corrected chi connectivity index (χ4v) is 4.01. The topological polar surface area (TPSA) is 75.7 Å². The zero-order valence-corrected chi connectivity index (χ0v) is 13.8. The molecule has 2 rings (SSSR count). The molecule has 22 heavy (non-hydrogen) atoms. The highest BCUT2D eigenvalue weighted by atomic mass is 32.2. The largest absolute Gasteiger partial charge is 0.484 e. The number of amides is 1. The van der Waals surface area contributed by atoms with Crippen molar-refractivity contribution >= 4 is 33.0 Å². The second kappa shape index (κ2) is 6.80. The summed E-state index contributed by atoms with van der Waals surface area (Å²) in [6, 6.07) is 9.77. The van der Waals surface area contributed by atoms with Crippen molar-refractivity contribution in [1.29, 1.82) is 0 Å². The van der Waals surface area contributed by atoms with Gasteiger partial charge in [-0.1, -0.05) is 6.07 Å². The number of carbonyl (C=O) groups is 1. The molecule has 0 spiro atoms. The first-order valence-electron chi connectivity index (χ1n) is 6.41. The molecule has 0 atom stereocenters. The molecule has 0 bridgehead atoms. The lowest BCUT2D eigenvalue weighted by molar-refractivity contribution is -0.122. The number of hydrogen-bond donors (Lipinski definition) is 1. The summed E-state index contributed by atoms with van der Waals surface area (Å²) < 4.78 is 31.5. The molecule has 1 N–H and O–H groups in total. The second-order valence-corrected chi connectivity index (χ2v) is 7.50. The number of anilines is 1. The molecule has 0 saturated heterocycles. The molecule has 1 aromatic carbocycles.